The molecule has 4 rings (SSSR count). The summed E-state index contributed by atoms with van der Waals surface area (Å²) in [4.78, 5) is 29.8. The van der Waals surface area contributed by atoms with Gasteiger partial charge in [0.25, 0.3) is 10.0 Å². The van der Waals surface area contributed by atoms with E-state index in [2.05, 4.69) is 5.32 Å². The standard InChI is InChI=1S/C36H41N3O4S/c1-4-24-37-36(41)34(25-30-15-8-6-9-16-30)38(26-31-17-13-12-14-28(31)3)35(40)27-39(32-22-20-29(5-2)21-23-32)44(42,43)33-18-10-7-11-19-33/h6-23,34H,4-5,24-27H2,1-3H3,(H,37,41)/t34-/m1/s1. The zero-order chi connectivity index (χ0) is 31.5. The first-order valence-electron chi connectivity index (χ1n) is 15.1. The summed E-state index contributed by atoms with van der Waals surface area (Å²) in [5, 5.41) is 2.98. The van der Waals surface area contributed by atoms with Crippen LogP contribution in [0, 0.1) is 6.92 Å². The van der Waals surface area contributed by atoms with Crippen molar-refractivity contribution in [2.75, 3.05) is 17.4 Å². The number of aryl methyl sites for hydroxylation is 2. The van der Waals surface area contributed by atoms with Gasteiger partial charge in [0.05, 0.1) is 10.6 Å². The molecule has 0 aliphatic rings. The lowest BCUT2D eigenvalue weighted by Crippen LogP contribution is -2.53. The van der Waals surface area contributed by atoms with E-state index >= 15 is 0 Å². The second kappa shape index (κ2) is 15.3. The molecule has 0 aliphatic heterocycles. The summed E-state index contributed by atoms with van der Waals surface area (Å²) in [7, 11) is -4.12. The quantitative estimate of drug-likeness (QED) is 0.192. The Hall–Kier alpha value is -4.43. The van der Waals surface area contributed by atoms with Crippen LogP contribution in [-0.4, -0.2) is 44.3 Å². The Kier molecular flexibility index (Phi) is 11.3. The molecular formula is C36H41N3O4S. The number of carbonyl (C=O) groups excluding carboxylic acids is 2. The minimum atomic E-state index is -4.12. The molecule has 0 radical (unpaired) electrons. The third kappa shape index (κ3) is 8.14. The van der Waals surface area contributed by atoms with Gasteiger partial charge in [0.2, 0.25) is 11.8 Å². The van der Waals surface area contributed by atoms with E-state index in [1.54, 1.807) is 30.3 Å². The number of nitrogens with one attached hydrogen (secondary N) is 1. The molecule has 7 nitrogen and oxygen atoms in total. The zero-order valence-electron chi connectivity index (χ0n) is 25.6. The summed E-state index contributed by atoms with van der Waals surface area (Å²) < 4.78 is 29.3. The molecule has 0 saturated heterocycles. The van der Waals surface area contributed by atoms with E-state index in [1.165, 1.54) is 17.0 Å². The van der Waals surface area contributed by atoms with Gasteiger partial charge >= 0.3 is 0 Å². The average molecular weight is 612 g/mol. The molecule has 44 heavy (non-hydrogen) atoms. The van der Waals surface area contributed by atoms with Gasteiger partial charge in [0.1, 0.15) is 12.6 Å². The SMILES string of the molecule is CCCNC(=O)[C@@H](Cc1ccccc1)N(Cc1ccccc1C)C(=O)CN(c1ccc(CC)cc1)S(=O)(=O)c1ccccc1. The molecule has 1 N–H and O–H groups in total. The Labute approximate surface area is 261 Å². The number of nitrogens with zero attached hydrogens (tertiary/aromatic N) is 2. The van der Waals surface area contributed by atoms with Gasteiger partial charge in [-0.15, -0.1) is 0 Å². The molecule has 0 heterocycles. The minimum Gasteiger partial charge on any atom is -0.354 e. The summed E-state index contributed by atoms with van der Waals surface area (Å²) in [5.74, 6) is -0.748. The maximum atomic E-state index is 14.5. The Morgan fingerprint density at radius 2 is 1.39 bits per heavy atom. The first kappa shape index (κ1) is 32.5. The van der Waals surface area contributed by atoms with Crippen LogP contribution in [0.5, 0.6) is 0 Å². The van der Waals surface area contributed by atoms with Gasteiger partial charge in [0, 0.05) is 19.5 Å². The normalized spacial score (nSPS) is 11.9. The molecule has 230 valence electrons. The number of sulfonamides is 1. The molecule has 0 saturated carbocycles. The van der Waals surface area contributed by atoms with Crippen molar-refractivity contribution in [1.29, 1.82) is 0 Å². The van der Waals surface area contributed by atoms with E-state index in [-0.39, 0.29) is 23.8 Å². The molecule has 2 amide bonds. The molecule has 0 bridgehead atoms. The van der Waals surface area contributed by atoms with Gasteiger partial charge < -0.3 is 10.2 Å². The number of hydrogen-bond acceptors (Lipinski definition) is 4. The van der Waals surface area contributed by atoms with Crippen LogP contribution < -0.4 is 9.62 Å². The van der Waals surface area contributed by atoms with E-state index in [4.69, 9.17) is 0 Å². The number of carbonyl (C=O) groups is 2. The lowest BCUT2D eigenvalue weighted by Gasteiger charge is -2.34. The average Bonchev–Trinajstić information content (AvgIpc) is 3.05. The molecule has 0 aliphatic carbocycles. The van der Waals surface area contributed by atoms with Gasteiger partial charge in [-0.2, -0.15) is 0 Å². The highest BCUT2D eigenvalue weighted by molar-refractivity contribution is 7.92. The largest absolute Gasteiger partial charge is 0.354 e. The van der Waals surface area contributed by atoms with Crippen molar-refractivity contribution < 1.29 is 18.0 Å². The Balaban J connectivity index is 1.80. The molecule has 4 aromatic carbocycles. The van der Waals surface area contributed by atoms with Crippen LogP contribution in [0.4, 0.5) is 5.69 Å². The predicted octanol–water partition coefficient (Wildman–Crippen LogP) is 5.92. The summed E-state index contributed by atoms with van der Waals surface area (Å²) in [6.45, 7) is 6.10. The zero-order valence-corrected chi connectivity index (χ0v) is 26.5. The predicted molar refractivity (Wildman–Crippen MR) is 176 cm³/mol. The van der Waals surface area contributed by atoms with Crippen molar-refractivity contribution in [3.8, 4) is 0 Å². The number of hydrogen-bond donors (Lipinski definition) is 1. The smallest absolute Gasteiger partial charge is 0.264 e. The van der Waals surface area contributed by atoms with Crippen LogP contribution in [0.15, 0.2) is 114 Å². The van der Waals surface area contributed by atoms with Crippen LogP contribution in [0.2, 0.25) is 0 Å². The Morgan fingerprint density at radius 1 is 0.773 bits per heavy atom. The summed E-state index contributed by atoms with van der Waals surface area (Å²) in [6, 6.07) is 31.7. The molecule has 1 atom stereocenters. The summed E-state index contributed by atoms with van der Waals surface area (Å²) in [5.41, 5.74) is 4.18. The minimum absolute atomic E-state index is 0.0827. The second-order valence-corrected chi connectivity index (χ2v) is 12.7. The maximum Gasteiger partial charge on any atom is 0.264 e. The number of anilines is 1. The lowest BCUT2D eigenvalue weighted by molar-refractivity contribution is -0.140. The molecule has 0 aromatic heterocycles. The highest BCUT2D eigenvalue weighted by Crippen LogP contribution is 2.26. The van der Waals surface area contributed by atoms with Crippen molar-refractivity contribution in [2.24, 2.45) is 0 Å². The van der Waals surface area contributed by atoms with Crippen molar-refractivity contribution in [3.05, 3.63) is 131 Å². The van der Waals surface area contributed by atoms with Crippen molar-refractivity contribution in [1.82, 2.24) is 10.2 Å². The lowest BCUT2D eigenvalue weighted by atomic mass is 10.0. The van der Waals surface area contributed by atoms with E-state index in [1.807, 2.05) is 87.5 Å². The number of amides is 2. The molecule has 0 spiro atoms. The van der Waals surface area contributed by atoms with Crippen molar-refractivity contribution in [2.45, 2.75) is 57.5 Å². The first-order valence-corrected chi connectivity index (χ1v) is 16.5. The topological polar surface area (TPSA) is 86.8 Å². The molecule has 8 heteroatoms. The number of benzene rings is 4. The summed E-state index contributed by atoms with van der Waals surface area (Å²) >= 11 is 0. The molecular weight excluding hydrogens is 570 g/mol. The summed E-state index contributed by atoms with van der Waals surface area (Å²) in [6.07, 6.45) is 1.82. The van der Waals surface area contributed by atoms with Gasteiger partial charge in [-0.05, 0) is 66.3 Å². The fraction of sp³-hybridized carbons (Fsp3) is 0.278. The highest BCUT2D eigenvalue weighted by atomic mass is 32.2. The first-order chi connectivity index (χ1) is 21.2. The van der Waals surface area contributed by atoms with E-state index in [0.29, 0.717) is 12.2 Å². The van der Waals surface area contributed by atoms with Crippen LogP contribution in [0.3, 0.4) is 0 Å². The molecule has 0 fully saturated rings. The van der Waals surface area contributed by atoms with Gasteiger partial charge in [-0.3, -0.25) is 13.9 Å². The number of rotatable bonds is 14. The Bertz CT molecular complexity index is 1630. The molecule has 4 aromatic rings. The van der Waals surface area contributed by atoms with E-state index in [9.17, 15) is 18.0 Å². The van der Waals surface area contributed by atoms with E-state index < -0.39 is 28.5 Å². The van der Waals surface area contributed by atoms with Crippen LogP contribution in [0.1, 0.15) is 42.5 Å². The highest BCUT2D eigenvalue weighted by Gasteiger charge is 2.34. The third-order valence-corrected chi connectivity index (χ3v) is 9.45. The van der Waals surface area contributed by atoms with E-state index in [0.717, 1.165) is 39.4 Å². The van der Waals surface area contributed by atoms with Crippen LogP contribution in [-0.2, 0) is 39.0 Å². The fourth-order valence-electron chi connectivity index (χ4n) is 5.04. The van der Waals surface area contributed by atoms with Crippen LogP contribution >= 0.6 is 0 Å². The van der Waals surface area contributed by atoms with Crippen molar-refractivity contribution in [3.63, 3.8) is 0 Å². The van der Waals surface area contributed by atoms with Crippen molar-refractivity contribution >= 4 is 27.5 Å². The fourth-order valence-corrected chi connectivity index (χ4v) is 6.47. The van der Waals surface area contributed by atoms with Gasteiger partial charge in [-0.25, -0.2) is 8.42 Å². The van der Waals surface area contributed by atoms with Crippen LogP contribution in [0.25, 0.3) is 0 Å². The maximum absolute atomic E-state index is 14.5. The second-order valence-electron chi connectivity index (χ2n) is 10.8. The van der Waals surface area contributed by atoms with Gasteiger partial charge in [-0.1, -0.05) is 98.8 Å². The Morgan fingerprint density at radius 3 is 2.00 bits per heavy atom. The molecule has 0 unspecified atom stereocenters. The van der Waals surface area contributed by atoms with Gasteiger partial charge in [0.15, 0.2) is 0 Å². The monoisotopic (exact) mass is 611 g/mol. The third-order valence-electron chi connectivity index (χ3n) is 7.66.